The summed E-state index contributed by atoms with van der Waals surface area (Å²) in [6.45, 7) is 0.272. The van der Waals surface area contributed by atoms with E-state index >= 15 is 0 Å². The second-order valence-corrected chi connectivity index (χ2v) is 2.07. The molecular weight excluding hydrogens is 160 g/mol. The van der Waals surface area contributed by atoms with Crippen molar-refractivity contribution in [2.75, 3.05) is 13.7 Å². The summed E-state index contributed by atoms with van der Waals surface area (Å²) in [4.78, 5) is 16.9. The summed E-state index contributed by atoms with van der Waals surface area (Å²) in [5, 5.41) is 3.78. The third-order valence-corrected chi connectivity index (χ3v) is 1.24. The van der Waals surface area contributed by atoms with Gasteiger partial charge in [0.1, 0.15) is 6.61 Å². The lowest BCUT2D eigenvalue weighted by atomic mass is 10.5. The quantitative estimate of drug-likeness (QED) is 0.591. The van der Waals surface area contributed by atoms with Gasteiger partial charge in [0.25, 0.3) is 0 Å². The van der Waals surface area contributed by atoms with Crippen LogP contribution in [0.1, 0.15) is 6.42 Å². The molecule has 66 valence electrons. The Bertz CT molecular complexity index is 233. The van der Waals surface area contributed by atoms with E-state index in [1.54, 1.807) is 18.5 Å². The van der Waals surface area contributed by atoms with Crippen molar-refractivity contribution in [2.24, 2.45) is 0 Å². The molecule has 1 heterocycles. The van der Waals surface area contributed by atoms with Crippen molar-refractivity contribution in [3.63, 3.8) is 0 Å². The number of carbonyl (C=O) groups is 1. The van der Waals surface area contributed by atoms with Gasteiger partial charge < -0.3 is 9.57 Å². The van der Waals surface area contributed by atoms with Crippen LogP contribution in [0.15, 0.2) is 18.5 Å². The van der Waals surface area contributed by atoms with Gasteiger partial charge in [0, 0.05) is 0 Å². The van der Waals surface area contributed by atoms with Gasteiger partial charge in [0.2, 0.25) is 0 Å². The summed E-state index contributed by atoms with van der Waals surface area (Å²) in [6, 6.07) is 1.73. The minimum absolute atomic E-state index is 0.232. The largest absolute Gasteiger partial charge is 0.469 e. The van der Waals surface area contributed by atoms with Crippen molar-refractivity contribution in [3.05, 3.63) is 18.5 Å². The van der Waals surface area contributed by atoms with E-state index in [1.807, 2.05) is 0 Å². The van der Waals surface area contributed by atoms with E-state index in [2.05, 4.69) is 9.84 Å². The molecular formula is C7H10N2O3. The molecule has 0 unspecified atom stereocenters. The fraction of sp³-hybridized carbons (Fsp3) is 0.429. The Morgan fingerprint density at radius 2 is 2.50 bits per heavy atom. The summed E-state index contributed by atoms with van der Waals surface area (Å²) in [5.74, 6) is -0.290. The molecule has 1 aromatic rings. The van der Waals surface area contributed by atoms with Gasteiger partial charge in [-0.3, -0.25) is 4.79 Å². The number of methoxy groups -OCH3 is 1. The lowest BCUT2D eigenvalue weighted by Gasteiger charge is -2.02. The predicted octanol–water partition coefficient (Wildman–Crippen LogP) is -0.125. The molecule has 12 heavy (non-hydrogen) atoms. The average Bonchev–Trinajstić information content (AvgIpc) is 2.57. The number of rotatable bonds is 4. The van der Waals surface area contributed by atoms with Crippen LogP contribution in [0.25, 0.3) is 0 Å². The summed E-state index contributed by atoms with van der Waals surface area (Å²) in [7, 11) is 1.34. The van der Waals surface area contributed by atoms with Gasteiger partial charge in [-0.25, -0.2) is 0 Å². The first-order valence-corrected chi connectivity index (χ1v) is 3.52. The number of hydrogen-bond donors (Lipinski definition) is 0. The predicted molar refractivity (Wildman–Crippen MR) is 40.3 cm³/mol. The monoisotopic (exact) mass is 170 g/mol. The molecule has 0 N–H and O–H groups in total. The van der Waals surface area contributed by atoms with Crippen LogP contribution in [0.5, 0.6) is 0 Å². The van der Waals surface area contributed by atoms with E-state index in [1.165, 1.54) is 12.0 Å². The number of esters is 1. The summed E-state index contributed by atoms with van der Waals surface area (Å²) in [5.41, 5.74) is 0. The highest BCUT2D eigenvalue weighted by molar-refractivity contribution is 5.69. The molecule has 1 rings (SSSR count). The van der Waals surface area contributed by atoms with Crippen molar-refractivity contribution in [3.8, 4) is 0 Å². The van der Waals surface area contributed by atoms with Crippen LogP contribution < -0.4 is 4.84 Å². The molecule has 0 saturated heterocycles. The maximum Gasteiger partial charge on any atom is 0.309 e. The Hall–Kier alpha value is -1.52. The number of nitrogens with zero attached hydrogens (tertiary/aromatic N) is 2. The van der Waals surface area contributed by atoms with Gasteiger partial charge in [0.15, 0.2) is 0 Å². The Labute approximate surface area is 69.8 Å². The van der Waals surface area contributed by atoms with Crippen LogP contribution in [0.4, 0.5) is 0 Å². The number of aromatic nitrogens is 2. The molecule has 0 atom stereocenters. The molecule has 0 aromatic carbocycles. The fourth-order valence-corrected chi connectivity index (χ4v) is 0.656. The molecule has 1 aromatic heterocycles. The van der Waals surface area contributed by atoms with Crippen LogP contribution in [0.3, 0.4) is 0 Å². The van der Waals surface area contributed by atoms with Gasteiger partial charge in [-0.15, -0.1) is 9.94 Å². The maximum atomic E-state index is 10.6. The molecule has 0 amide bonds. The van der Waals surface area contributed by atoms with Gasteiger partial charge in [-0.05, 0) is 6.07 Å². The van der Waals surface area contributed by atoms with E-state index in [0.29, 0.717) is 0 Å². The first-order valence-electron chi connectivity index (χ1n) is 3.52. The first kappa shape index (κ1) is 8.58. The van der Waals surface area contributed by atoms with Crippen molar-refractivity contribution in [1.82, 2.24) is 9.94 Å². The second-order valence-electron chi connectivity index (χ2n) is 2.07. The first-order chi connectivity index (χ1) is 5.83. The highest BCUT2D eigenvalue weighted by atomic mass is 16.7. The molecule has 0 aliphatic carbocycles. The van der Waals surface area contributed by atoms with Crippen LogP contribution in [-0.4, -0.2) is 29.6 Å². The van der Waals surface area contributed by atoms with Gasteiger partial charge in [0.05, 0.1) is 25.9 Å². The van der Waals surface area contributed by atoms with Crippen LogP contribution in [-0.2, 0) is 9.53 Å². The molecule has 0 aliphatic rings. The second kappa shape index (κ2) is 4.38. The Kier molecular flexibility index (Phi) is 3.13. The van der Waals surface area contributed by atoms with Crippen LogP contribution in [0, 0.1) is 0 Å². The molecule has 5 heteroatoms. The minimum atomic E-state index is -0.290. The molecule has 0 bridgehead atoms. The topological polar surface area (TPSA) is 53.4 Å². The molecule has 0 fully saturated rings. The zero-order valence-corrected chi connectivity index (χ0v) is 6.77. The summed E-state index contributed by atoms with van der Waals surface area (Å²) < 4.78 is 4.42. The van der Waals surface area contributed by atoms with Crippen molar-refractivity contribution in [2.45, 2.75) is 6.42 Å². The maximum absolute atomic E-state index is 10.6. The third-order valence-electron chi connectivity index (χ3n) is 1.24. The molecule has 5 nitrogen and oxygen atoms in total. The average molecular weight is 170 g/mol. The number of carbonyl (C=O) groups excluding carboxylic acids is 1. The van der Waals surface area contributed by atoms with E-state index < -0.39 is 0 Å². The van der Waals surface area contributed by atoms with E-state index in [-0.39, 0.29) is 19.0 Å². The zero-order chi connectivity index (χ0) is 8.81. The molecule has 0 spiro atoms. The van der Waals surface area contributed by atoms with Crippen LogP contribution in [0.2, 0.25) is 0 Å². The van der Waals surface area contributed by atoms with Crippen molar-refractivity contribution in [1.29, 1.82) is 0 Å². The number of hydrogen-bond acceptors (Lipinski definition) is 4. The smallest absolute Gasteiger partial charge is 0.309 e. The summed E-state index contributed by atoms with van der Waals surface area (Å²) >= 11 is 0. The lowest BCUT2D eigenvalue weighted by Crippen LogP contribution is -2.16. The fourth-order valence-electron chi connectivity index (χ4n) is 0.656. The van der Waals surface area contributed by atoms with E-state index in [0.717, 1.165) is 0 Å². The SMILES string of the molecule is COC(=O)CCOn1cccn1. The highest BCUT2D eigenvalue weighted by Crippen LogP contribution is 1.84. The van der Waals surface area contributed by atoms with Crippen molar-refractivity contribution >= 4 is 5.97 Å². The molecule has 0 radical (unpaired) electrons. The molecule has 0 aliphatic heterocycles. The lowest BCUT2D eigenvalue weighted by molar-refractivity contribution is -0.142. The van der Waals surface area contributed by atoms with Crippen molar-refractivity contribution < 1.29 is 14.4 Å². The minimum Gasteiger partial charge on any atom is -0.469 e. The third kappa shape index (κ3) is 2.61. The van der Waals surface area contributed by atoms with E-state index in [4.69, 9.17) is 4.84 Å². The summed E-state index contributed by atoms with van der Waals surface area (Å²) in [6.07, 6.45) is 3.48. The molecule has 0 saturated carbocycles. The van der Waals surface area contributed by atoms with Gasteiger partial charge >= 0.3 is 5.97 Å². The van der Waals surface area contributed by atoms with Gasteiger partial charge in [-0.2, -0.15) is 0 Å². The normalized spacial score (nSPS) is 9.42. The Balaban J connectivity index is 2.15. The van der Waals surface area contributed by atoms with E-state index in [9.17, 15) is 4.79 Å². The van der Waals surface area contributed by atoms with Crippen LogP contribution >= 0.6 is 0 Å². The highest BCUT2D eigenvalue weighted by Gasteiger charge is 1.99. The number of ether oxygens (including phenoxy) is 1. The Morgan fingerprint density at radius 1 is 1.67 bits per heavy atom. The Morgan fingerprint density at radius 3 is 3.08 bits per heavy atom. The van der Waals surface area contributed by atoms with Gasteiger partial charge in [-0.1, -0.05) is 0 Å². The standard InChI is InChI=1S/C7H10N2O3/c1-11-7(10)3-6-12-9-5-2-4-8-9/h2,4-5H,3,6H2,1H3. The zero-order valence-electron chi connectivity index (χ0n) is 6.77.